The number of benzene rings is 2. The first-order valence-electron chi connectivity index (χ1n) is 6.24. The van der Waals surface area contributed by atoms with E-state index in [1.165, 1.54) is 18.2 Å². The van der Waals surface area contributed by atoms with Gasteiger partial charge in [-0.15, -0.1) is 0 Å². The summed E-state index contributed by atoms with van der Waals surface area (Å²) in [5.74, 6) is -0.596. The number of hydrogen-bond acceptors (Lipinski definition) is 2. The Bertz CT molecular complexity index is 626. The Morgan fingerprint density at radius 2 is 1.95 bits per heavy atom. The van der Waals surface area contributed by atoms with Crippen molar-refractivity contribution >= 4 is 11.4 Å². The summed E-state index contributed by atoms with van der Waals surface area (Å²) in [6.07, 6.45) is 0.830. The van der Waals surface area contributed by atoms with Crippen molar-refractivity contribution < 1.29 is 8.78 Å². The Balaban J connectivity index is 2.11. The SMILES string of the molecule is NCc1c(F)cccc1N1CCc2ccc(F)cc21. The van der Waals surface area contributed by atoms with Gasteiger partial charge in [-0.1, -0.05) is 12.1 Å². The van der Waals surface area contributed by atoms with Crippen molar-refractivity contribution in [2.75, 3.05) is 11.4 Å². The van der Waals surface area contributed by atoms with Gasteiger partial charge in [0.05, 0.1) is 0 Å². The second kappa shape index (κ2) is 4.63. The molecular formula is C15H14F2N2. The third-order valence-corrected chi connectivity index (χ3v) is 3.53. The molecule has 1 heterocycles. The molecule has 0 fully saturated rings. The minimum atomic E-state index is -0.315. The van der Waals surface area contributed by atoms with Crippen LogP contribution in [0.1, 0.15) is 11.1 Å². The van der Waals surface area contributed by atoms with E-state index in [-0.39, 0.29) is 18.2 Å². The molecule has 0 saturated heterocycles. The minimum Gasteiger partial charge on any atom is -0.340 e. The van der Waals surface area contributed by atoms with E-state index in [0.717, 1.165) is 29.9 Å². The number of fused-ring (bicyclic) bond motifs is 1. The van der Waals surface area contributed by atoms with Crippen LogP contribution in [0.15, 0.2) is 36.4 Å². The molecule has 0 amide bonds. The van der Waals surface area contributed by atoms with E-state index in [9.17, 15) is 8.78 Å². The Hall–Kier alpha value is -1.94. The molecule has 0 atom stereocenters. The van der Waals surface area contributed by atoms with E-state index in [2.05, 4.69) is 0 Å². The molecule has 2 aromatic carbocycles. The lowest BCUT2D eigenvalue weighted by molar-refractivity contribution is 0.610. The van der Waals surface area contributed by atoms with Crippen LogP contribution < -0.4 is 10.6 Å². The van der Waals surface area contributed by atoms with Crippen LogP contribution in [0.25, 0.3) is 0 Å². The number of rotatable bonds is 2. The number of nitrogens with two attached hydrogens (primary N) is 1. The molecule has 0 aliphatic carbocycles. The van der Waals surface area contributed by atoms with Gasteiger partial charge in [-0.25, -0.2) is 8.78 Å². The smallest absolute Gasteiger partial charge is 0.129 e. The molecule has 2 N–H and O–H groups in total. The average Bonchev–Trinajstić information content (AvgIpc) is 2.81. The summed E-state index contributed by atoms with van der Waals surface area (Å²) >= 11 is 0. The second-order valence-electron chi connectivity index (χ2n) is 4.62. The first-order chi connectivity index (χ1) is 9.20. The molecule has 98 valence electrons. The van der Waals surface area contributed by atoms with Gasteiger partial charge in [0.2, 0.25) is 0 Å². The minimum absolute atomic E-state index is 0.128. The average molecular weight is 260 g/mol. The fourth-order valence-corrected chi connectivity index (χ4v) is 2.60. The summed E-state index contributed by atoms with van der Waals surface area (Å²) in [5.41, 5.74) is 8.71. The topological polar surface area (TPSA) is 29.3 Å². The van der Waals surface area contributed by atoms with Gasteiger partial charge in [0.15, 0.2) is 0 Å². The van der Waals surface area contributed by atoms with Crippen LogP contribution >= 0.6 is 0 Å². The molecule has 19 heavy (non-hydrogen) atoms. The van der Waals surface area contributed by atoms with Gasteiger partial charge < -0.3 is 10.6 Å². The predicted molar refractivity (Wildman–Crippen MR) is 71.4 cm³/mol. The standard InChI is InChI=1S/C15H14F2N2/c16-11-5-4-10-6-7-19(15(10)8-11)14-3-1-2-13(17)12(14)9-18/h1-5,8H,6-7,9,18H2. The van der Waals surface area contributed by atoms with Gasteiger partial charge in [0, 0.05) is 30.0 Å². The third-order valence-electron chi connectivity index (χ3n) is 3.53. The predicted octanol–water partition coefficient (Wildman–Crippen LogP) is 3.12. The van der Waals surface area contributed by atoms with Gasteiger partial charge in [-0.2, -0.15) is 0 Å². The summed E-state index contributed by atoms with van der Waals surface area (Å²) in [7, 11) is 0. The molecule has 0 spiro atoms. The maximum absolute atomic E-state index is 13.8. The molecule has 0 unspecified atom stereocenters. The molecule has 1 aliphatic rings. The summed E-state index contributed by atoms with van der Waals surface area (Å²) < 4.78 is 27.2. The molecule has 4 heteroatoms. The Morgan fingerprint density at radius 1 is 1.11 bits per heavy atom. The van der Waals surface area contributed by atoms with Crippen molar-refractivity contribution in [3.05, 3.63) is 59.2 Å². The lowest BCUT2D eigenvalue weighted by Crippen LogP contribution is -2.17. The van der Waals surface area contributed by atoms with Gasteiger partial charge in [0.1, 0.15) is 11.6 Å². The Labute approximate surface area is 110 Å². The third kappa shape index (κ3) is 1.98. The van der Waals surface area contributed by atoms with E-state index in [0.29, 0.717) is 5.56 Å². The van der Waals surface area contributed by atoms with Gasteiger partial charge in [-0.05, 0) is 36.2 Å². The second-order valence-corrected chi connectivity index (χ2v) is 4.62. The maximum Gasteiger partial charge on any atom is 0.129 e. The quantitative estimate of drug-likeness (QED) is 0.899. The highest BCUT2D eigenvalue weighted by Crippen LogP contribution is 2.37. The highest BCUT2D eigenvalue weighted by molar-refractivity contribution is 5.72. The molecule has 3 rings (SSSR count). The fourth-order valence-electron chi connectivity index (χ4n) is 2.60. The Morgan fingerprint density at radius 3 is 2.74 bits per heavy atom. The molecule has 1 aliphatic heterocycles. The van der Waals surface area contributed by atoms with Crippen molar-refractivity contribution in [1.29, 1.82) is 0 Å². The number of anilines is 2. The highest BCUT2D eigenvalue weighted by atomic mass is 19.1. The maximum atomic E-state index is 13.8. The number of hydrogen-bond donors (Lipinski definition) is 1. The lowest BCUT2D eigenvalue weighted by atomic mass is 10.1. The van der Waals surface area contributed by atoms with E-state index in [1.54, 1.807) is 12.1 Å². The first kappa shape index (κ1) is 12.1. The highest BCUT2D eigenvalue weighted by Gasteiger charge is 2.23. The monoisotopic (exact) mass is 260 g/mol. The molecule has 0 aromatic heterocycles. The number of halogens is 2. The largest absolute Gasteiger partial charge is 0.340 e. The van der Waals surface area contributed by atoms with Crippen molar-refractivity contribution in [3.63, 3.8) is 0 Å². The zero-order chi connectivity index (χ0) is 13.4. The van der Waals surface area contributed by atoms with Crippen molar-refractivity contribution in [3.8, 4) is 0 Å². The fraction of sp³-hybridized carbons (Fsp3) is 0.200. The molecule has 2 nitrogen and oxygen atoms in total. The zero-order valence-electron chi connectivity index (χ0n) is 10.4. The number of nitrogens with zero attached hydrogens (tertiary/aromatic N) is 1. The van der Waals surface area contributed by atoms with Crippen LogP contribution in [-0.2, 0) is 13.0 Å². The van der Waals surface area contributed by atoms with Crippen LogP contribution in [0.2, 0.25) is 0 Å². The van der Waals surface area contributed by atoms with Crippen LogP contribution in [-0.4, -0.2) is 6.54 Å². The van der Waals surface area contributed by atoms with Crippen LogP contribution in [0.3, 0.4) is 0 Å². The molecule has 2 aromatic rings. The first-order valence-corrected chi connectivity index (χ1v) is 6.24. The van der Waals surface area contributed by atoms with Crippen molar-refractivity contribution in [1.82, 2.24) is 0 Å². The molecular weight excluding hydrogens is 246 g/mol. The summed E-state index contributed by atoms with van der Waals surface area (Å²) in [5, 5.41) is 0. The zero-order valence-corrected chi connectivity index (χ0v) is 10.4. The van der Waals surface area contributed by atoms with Gasteiger partial charge in [0.25, 0.3) is 0 Å². The van der Waals surface area contributed by atoms with Gasteiger partial charge in [-0.3, -0.25) is 0 Å². The van der Waals surface area contributed by atoms with Gasteiger partial charge >= 0.3 is 0 Å². The van der Waals surface area contributed by atoms with Crippen LogP contribution in [0.5, 0.6) is 0 Å². The van der Waals surface area contributed by atoms with Crippen molar-refractivity contribution in [2.24, 2.45) is 5.73 Å². The normalized spacial score (nSPS) is 13.7. The molecule has 0 saturated carbocycles. The lowest BCUT2D eigenvalue weighted by Gasteiger charge is -2.22. The molecule has 0 bridgehead atoms. The van der Waals surface area contributed by atoms with E-state index >= 15 is 0 Å². The Kier molecular flexibility index (Phi) is 2.95. The van der Waals surface area contributed by atoms with Crippen LogP contribution in [0.4, 0.5) is 20.2 Å². The van der Waals surface area contributed by atoms with E-state index in [4.69, 9.17) is 5.73 Å². The summed E-state index contributed by atoms with van der Waals surface area (Å²) in [6, 6.07) is 9.61. The molecule has 0 radical (unpaired) electrons. The van der Waals surface area contributed by atoms with E-state index in [1.807, 2.05) is 11.0 Å². The van der Waals surface area contributed by atoms with E-state index < -0.39 is 0 Å². The summed E-state index contributed by atoms with van der Waals surface area (Å²) in [6.45, 7) is 0.846. The summed E-state index contributed by atoms with van der Waals surface area (Å²) in [4.78, 5) is 1.93. The van der Waals surface area contributed by atoms with Crippen molar-refractivity contribution in [2.45, 2.75) is 13.0 Å². The van der Waals surface area contributed by atoms with Crippen LogP contribution in [0, 0.1) is 11.6 Å².